The van der Waals surface area contributed by atoms with Gasteiger partial charge in [-0.3, -0.25) is 0 Å². The van der Waals surface area contributed by atoms with Crippen LogP contribution in [0.5, 0.6) is 0 Å². The van der Waals surface area contributed by atoms with E-state index in [1.165, 1.54) is 70.1 Å². The molecule has 0 saturated carbocycles. The van der Waals surface area contributed by atoms with Crippen molar-refractivity contribution in [1.29, 1.82) is 0 Å². The summed E-state index contributed by atoms with van der Waals surface area (Å²) in [7, 11) is 0. The third-order valence-electron chi connectivity index (χ3n) is 9.05. The van der Waals surface area contributed by atoms with Gasteiger partial charge in [0.1, 0.15) is 0 Å². The molecule has 4 heterocycles. The molecule has 0 bridgehead atoms. The molecule has 0 N–H and O–H groups in total. The van der Waals surface area contributed by atoms with E-state index in [-0.39, 0.29) is 14.5 Å². The van der Waals surface area contributed by atoms with Gasteiger partial charge < -0.3 is 0 Å². The molecule has 10 aromatic rings. The third-order valence-corrected chi connectivity index (χ3v) is 11.4. The van der Waals surface area contributed by atoms with Crippen molar-refractivity contribution in [3.8, 4) is 22.5 Å². The molecule has 0 spiro atoms. The molecule has 0 fully saturated rings. The summed E-state index contributed by atoms with van der Waals surface area (Å²) in [5.41, 5.74) is 10.7. The zero-order valence-corrected chi connectivity index (χ0v) is 25.8. The van der Waals surface area contributed by atoms with E-state index in [9.17, 15) is 0 Å². The molecule has 4 nitrogen and oxygen atoms in total. The average molecular weight is 640 g/mol. The zero-order valence-electron chi connectivity index (χ0n) is 24.1. The third kappa shape index (κ3) is 3.54. The van der Waals surface area contributed by atoms with E-state index in [2.05, 4.69) is 143 Å². The summed E-state index contributed by atoms with van der Waals surface area (Å²) >= 11 is 0.0581. The quantitative estimate of drug-likeness (QED) is 0.181. The summed E-state index contributed by atoms with van der Waals surface area (Å²) in [6.07, 6.45) is 3.62. The molecule has 10 rings (SSSR count). The summed E-state index contributed by atoms with van der Waals surface area (Å²) in [5.74, 6) is 0. The predicted octanol–water partition coefficient (Wildman–Crippen LogP) is 9.70. The van der Waals surface area contributed by atoms with Gasteiger partial charge in [-0.05, 0) is 0 Å². The molecule has 0 unspecified atom stereocenters. The van der Waals surface area contributed by atoms with Crippen molar-refractivity contribution in [3.63, 3.8) is 0 Å². The monoisotopic (exact) mass is 640 g/mol. The Balaban J connectivity index is 1.31. The molecular weight excluding hydrogens is 615 g/mol. The molecule has 0 saturated heterocycles. The molecule has 4 aromatic heterocycles. The Morgan fingerprint density at radius 2 is 1.07 bits per heavy atom. The first kappa shape index (κ1) is 24.9. The van der Waals surface area contributed by atoms with Crippen LogP contribution >= 0.6 is 0 Å². The number of para-hydroxylation sites is 3. The van der Waals surface area contributed by atoms with Crippen LogP contribution in [0, 0.1) is 0 Å². The van der Waals surface area contributed by atoms with Crippen molar-refractivity contribution in [2.75, 3.05) is 0 Å². The molecule has 6 aromatic carbocycles. The van der Waals surface area contributed by atoms with E-state index in [1.54, 1.807) is 0 Å². The van der Waals surface area contributed by atoms with Gasteiger partial charge >= 0.3 is 253 Å². The van der Waals surface area contributed by atoms with Crippen LogP contribution in [0.25, 0.3) is 85.7 Å². The van der Waals surface area contributed by atoms with Crippen LogP contribution in [0.15, 0.2) is 146 Å². The Hall–Kier alpha value is -5.48. The SMILES string of the molecule is c1ccc(-c2c(-n3c4ccccc4c4cc(-n5c6ccccc6c6ccccc65)ccc43)ccc3c2[se]c2nccnc23)cc1. The molecule has 0 aliphatic carbocycles. The fourth-order valence-corrected chi connectivity index (χ4v) is 9.62. The van der Waals surface area contributed by atoms with Gasteiger partial charge in [0.2, 0.25) is 0 Å². The molecule has 0 atom stereocenters. The van der Waals surface area contributed by atoms with Gasteiger partial charge in [-0.25, -0.2) is 0 Å². The second-order valence-corrected chi connectivity index (χ2v) is 13.5. The Kier molecular flexibility index (Phi) is 5.26. The van der Waals surface area contributed by atoms with Crippen molar-refractivity contribution in [1.82, 2.24) is 19.1 Å². The maximum absolute atomic E-state index is 4.75. The molecule has 0 amide bonds. The summed E-state index contributed by atoms with van der Waals surface area (Å²) in [4.78, 5) is 9.48. The van der Waals surface area contributed by atoms with E-state index < -0.39 is 0 Å². The minimum atomic E-state index is 0.0581. The minimum absolute atomic E-state index is 0.0581. The number of rotatable bonds is 3. The maximum atomic E-state index is 4.75. The van der Waals surface area contributed by atoms with E-state index in [1.807, 2.05) is 12.4 Å². The van der Waals surface area contributed by atoms with Gasteiger partial charge in [-0.1, -0.05) is 12.1 Å². The second-order valence-electron chi connectivity index (χ2n) is 11.4. The van der Waals surface area contributed by atoms with E-state index in [0.717, 1.165) is 15.6 Å². The Labute approximate surface area is 264 Å². The summed E-state index contributed by atoms with van der Waals surface area (Å²) in [5, 5.41) is 6.23. The van der Waals surface area contributed by atoms with E-state index in [4.69, 9.17) is 9.97 Å². The number of hydrogen-bond acceptors (Lipinski definition) is 2. The summed E-state index contributed by atoms with van der Waals surface area (Å²) < 4.78 is 7.32. The van der Waals surface area contributed by atoms with Crippen LogP contribution in [0.2, 0.25) is 0 Å². The fourth-order valence-electron chi connectivity index (χ4n) is 7.18. The van der Waals surface area contributed by atoms with Crippen molar-refractivity contribution in [2.24, 2.45) is 0 Å². The van der Waals surface area contributed by atoms with E-state index >= 15 is 0 Å². The molecular formula is C40H24N4Se. The summed E-state index contributed by atoms with van der Waals surface area (Å²) in [6, 6.07) is 48.5. The van der Waals surface area contributed by atoms with Crippen LogP contribution in [-0.2, 0) is 0 Å². The summed E-state index contributed by atoms with van der Waals surface area (Å²) in [6.45, 7) is 0. The first-order chi connectivity index (χ1) is 22.3. The van der Waals surface area contributed by atoms with Gasteiger partial charge in [-0.2, -0.15) is 0 Å². The van der Waals surface area contributed by atoms with Crippen molar-refractivity contribution in [3.05, 3.63) is 146 Å². The second kappa shape index (κ2) is 9.51. The Bertz CT molecular complexity index is 2710. The van der Waals surface area contributed by atoms with Gasteiger partial charge in [0.25, 0.3) is 0 Å². The van der Waals surface area contributed by atoms with Gasteiger partial charge in [0, 0.05) is 0 Å². The number of fused-ring (bicyclic) bond motifs is 9. The topological polar surface area (TPSA) is 35.6 Å². The first-order valence-electron chi connectivity index (χ1n) is 15.1. The van der Waals surface area contributed by atoms with Crippen LogP contribution < -0.4 is 0 Å². The zero-order chi connectivity index (χ0) is 29.5. The number of aromatic nitrogens is 4. The normalized spacial score (nSPS) is 12.0. The average Bonchev–Trinajstić information content (AvgIpc) is 3.76. The standard InChI is InChI=1S/C40H24N4Se/c1-2-10-25(11-3-1)37-36(21-19-30-38-40(45-39(30)37)42-23-22-41-38)44-34-17-9-6-14-29(34)31-24-26(18-20-35(31)44)43-32-15-7-4-12-27(32)28-13-5-8-16-33(28)43/h1-24H. The van der Waals surface area contributed by atoms with E-state index in [0.29, 0.717) is 0 Å². The van der Waals surface area contributed by atoms with Gasteiger partial charge in [0.15, 0.2) is 0 Å². The van der Waals surface area contributed by atoms with Gasteiger partial charge in [-0.15, -0.1) is 0 Å². The van der Waals surface area contributed by atoms with Crippen LogP contribution in [0.4, 0.5) is 0 Å². The number of benzene rings is 6. The predicted molar refractivity (Wildman–Crippen MR) is 188 cm³/mol. The molecule has 5 heteroatoms. The molecule has 0 radical (unpaired) electrons. The van der Waals surface area contributed by atoms with Crippen molar-refractivity contribution in [2.45, 2.75) is 0 Å². The van der Waals surface area contributed by atoms with Crippen molar-refractivity contribution < 1.29 is 0 Å². The molecule has 210 valence electrons. The number of hydrogen-bond donors (Lipinski definition) is 0. The van der Waals surface area contributed by atoms with Crippen LogP contribution in [0.1, 0.15) is 0 Å². The van der Waals surface area contributed by atoms with Gasteiger partial charge in [0.05, 0.1) is 0 Å². The molecule has 0 aliphatic heterocycles. The molecule has 0 aliphatic rings. The first-order valence-corrected chi connectivity index (χ1v) is 16.8. The van der Waals surface area contributed by atoms with Crippen LogP contribution in [0.3, 0.4) is 0 Å². The van der Waals surface area contributed by atoms with Crippen LogP contribution in [-0.4, -0.2) is 33.6 Å². The Morgan fingerprint density at radius 3 is 1.80 bits per heavy atom. The fraction of sp³-hybridized carbons (Fsp3) is 0. The Morgan fingerprint density at radius 1 is 0.467 bits per heavy atom. The van der Waals surface area contributed by atoms with Crippen molar-refractivity contribution >= 4 is 77.7 Å². The molecule has 45 heavy (non-hydrogen) atoms. The number of nitrogens with zero attached hydrogens (tertiary/aromatic N) is 4.